The van der Waals surface area contributed by atoms with Crippen LogP contribution in [0.25, 0.3) is 0 Å². The molecule has 0 aromatic heterocycles. The standard InChI is InChI=1S/C11H21N3O3/c1-8(7-14(2)3)12-10(17)13-11(9(15)16)5-4-6-11/h8H,4-7H2,1-3H3,(H,15,16)(H2,12,13,17). The molecule has 98 valence electrons. The second kappa shape index (κ2) is 5.35. The number of nitrogens with zero attached hydrogens (tertiary/aromatic N) is 1. The molecule has 1 aliphatic carbocycles. The molecule has 1 atom stereocenters. The largest absolute Gasteiger partial charge is 0.480 e. The van der Waals surface area contributed by atoms with Gasteiger partial charge >= 0.3 is 12.0 Å². The first-order valence-electron chi connectivity index (χ1n) is 5.82. The van der Waals surface area contributed by atoms with Crippen molar-refractivity contribution >= 4 is 12.0 Å². The van der Waals surface area contributed by atoms with Crippen molar-refractivity contribution in [3.8, 4) is 0 Å². The first kappa shape index (κ1) is 13.8. The van der Waals surface area contributed by atoms with Crippen LogP contribution in [-0.4, -0.2) is 54.2 Å². The van der Waals surface area contributed by atoms with Crippen LogP contribution in [0.15, 0.2) is 0 Å². The van der Waals surface area contributed by atoms with Crippen LogP contribution in [0.2, 0.25) is 0 Å². The minimum atomic E-state index is -1.04. The van der Waals surface area contributed by atoms with Crippen LogP contribution in [0.1, 0.15) is 26.2 Å². The molecule has 1 rings (SSSR count). The average molecular weight is 243 g/mol. The van der Waals surface area contributed by atoms with E-state index in [9.17, 15) is 9.59 Å². The highest BCUT2D eigenvalue weighted by atomic mass is 16.4. The molecule has 6 nitrogen and oxygen atoms in total. The Bertz CT molecular complexity index is 300. The van der Waals surface area contributed by atoms with Gasteiger partial charge in [0.1, 0.15) is 5.54 Å². The summed E-state index contributed by atoms with van der Waals surface area (Å²) in [5, 5.41) is 14.4. The zero-order valence-electron chi connectivity index (χ0n) is 10.6. The number of carboxylic acids is 1. The molecule has 1 unspecified atom stereocenters. The van der Waals surface area contributed by atoms with Gasteiger partial charge in [-0.15, -0.1) is 0 Å². The molecular weight excluding hydrogens is 222 g/mol. The third kappa shape index (κ3) is 3.59. The number of urea groups is 1. The normalized spacial score (nSPS) is 19.3. The number of nitrogens with one attached hydrogen (secondary N) is 2. The van der Waals surface area contributed by atoms with Gasteiger partial charge in [-0.2, -0.15) is 0 Å². The van der Waals surface area contributed by atoms with Crippen LogP contribution < -0.4 is 10.6 Å². The molecule has 1 saturated carbocycles. The second-order valence-electron chi connectivity index (χ2n) is 5.00. The molecule has 0 aromatic carbocycles. The predicted octanol–water partition coefficient (Wildman–Crippen LogP) is 0.243. The number of carboxylic acid groups (broad SMARTS) is 1. The molecule has 1 fully saturated rings. The quantitative estimate of drug-likeness (QED) is 0.646. The summed E-state index contributed by atoms with van der Waals surface area (Å²) in [5.41, 5.74) is -1.04. The maximum absolute atomic E-state index is 11.6. The van der Waals surface area contributed by atoms with E-state index in [0.717, 1.165) is 6.42 Å². The van der Waals surface area contributed by atoms with Gasteiger partial charge in [-0.25, -0.2) is 9.59 Å². The van der Waals surface area contributed by atoms with E-state index in [0.29, 0.717) is 19.4 Å². The smallest absolute Gasteiger partial charge is 0.329 e. The fraction of sp³-hybridized carbons (Fsp3) is 0.818. The number of carbonyl (C=O) groups is 2. The van der Waals surface area contributed by atoms with Crippen molar-refractivity contribution in [2.75, 3.05) is 20.6 Å². The lowest BCUT2D eigenvalue weighted by Gasteiger charge is -2.38. The molecule has 0 aliphatic heterocycles. The third-order valence-electron chi connectivity index (χ3n) is 2.99. The highest BCUT2D eigenvalue weighted by molar-refractivity contribution is 5.87. The molecule has 0 heterocycles. The lowest BCUT2D eigenvalue weighted by Crippen LogP contribution is -2.62. The topological polar surface area (TPSA) is 81.7 Å². The van der Waals surface area contributed by atoms with E-state index in [2.05, 4.69) is 10.6 Å². The summed E-state index contributed by atoms with van der Waals surface area (Å²) >= 11 is 0. The molecule has 0 radical (unpaired) electrons. The van der Waals surface area contributed by atoms with E-state index in [1.165, 1.54) is 0 Å². The first-order valence-corrected chi connectivity index (χ1v) is 5.82. The Morgan fingerprint density at radius 1 is 1.41 bits per heavy atom. The molecule has 0 bridgehead atoms. The van der Waals surface area contributed by atoms with E-state index in [1.807, 2.05) is 25.9 Å². The van der Waals surface area contributed by atoms with Gasteiger partial charge in [-0.05, 0) is 40.3 Å². The van der Waals surface area contributed by atoms with Crippen LogP contribution in [0.3, 0.4) is 0 Å². The molecule has 3 N–H and O–H groups in total. The van der Waals surface area contributed by atoms with Crippen molar-refractivity contribution in [2.45, 2.75) is 37.8 Å². The zero-order valence-corrected chi connectivity index (χ0v) is 10.6. The SMILES string of the molecule is CC(CN(C)C)NC(=O)NC1(C(=O)O)CCC1. The molecule has 2 amide bonds. The number of hydrogen-bond acceptors (Lipinski definition) is 3. The minimum Gasteiger partial charge on any atom is -0.480 e. The molecule has 6 heteroatoms. The monoisotopic (exact) mass is 243 g/mol. The fourth-order valence-electron chi connectivity index (χ4n) is 1.99. The summed E-state index contributed by atoms with van der Waals surface area (Å²) in [6, 6.07) is -0.419. The van der Waals surface area contributed by atoms with Crippen LogP contribution in [0.4, 0.5) is 4.79 Å². The van der Waals surface area contributed by atoms with E-state index in [4.69, 9.17) is 5.11 Å². The van der Waals surface area contributed by atoms with E-state index in [-0.39, 0.29) is 6.04 Å². The van der Waals surface area contributed by atoms with Crippen LogP contribution in [-0.2, 0) is 4.79 Å². The Hall–Kier alpha value is -1.30. The van der Waals surface area contributed by atoms with Gasteiger partial charge < -0.3 is 20.6 Å². The minimum absolute atomic E-state index is 0.0177. The van der Waals surface area contributed by atoms with Crippen LogP contribution in [0, 0.1) is 0 Å². The molecule has 1 aliphatic rings. The Kier molecular flexibility index (Phi) is 4.34. The summed E-state index contributed by atoms with van der Waals surface area (Å²) in [6.45, 7) is 2.60. The maximum atomic E-state index is 11.6. The van der Waals surface area contributed by atoms with Crippen molar-refractivity contribution < 1.29 is 14.7 Å². The van der Waals surface area contributed by atoms with E-state index in [1.54, 1.807) is 0 Å². The summed E-state index contributed by atoms with van der Waals surface area (Å²) in [7, 11) is 3.83. The maximum Gasteiger partial charge on any atom is 0.329 e. The first-order chi connectivity index (χ1) is 7.85. The fourth-order valence-corrected chi connectivity index (χ4v) is 1.99. The predicted molar refractivity (Wildman–Crippen MR) is 63.9 cm³/mol. The molecular formula is C11H21N3O3. The lowest BCUT2D eigenvalue weighted by atomic mass is 9.77. The van der Waals surface area contributed by atoms with E-state index < -0.39 is 17.5 Å². The highest BCUT2D eigenvalue weighted by Crippen LogP contribution is 2.31. The Morgan fingerprint density at radius 2 is 2.00 bits per heavy atom. The summed E-state index contributed by atoms with van der Waals surface area (Å²) in [6.07, 6.45) is 1.87. The number of carbonyl (C=O) groups excluding carboxylic acids is 1. The van der Waals surface area contributed by atoms with Gasteiger partial charge in [-0.3, -0.25) is 0 Å². The summed E-state index contributed by atoms with van der Waals surface area (Å²) < 4.78 is 0. The Labute approximate surface area is 101 Å². The third-order valence-corrected chi connectivity index (χ3v) is 2.99. The van der Waals surface area contributed by atoms with Crippen molar-refractivity contribution in [1.82, 2.24) is 15.5 Å². The molecule has 0 saturated heterocycles. The second-order valence-corrected chi connectivity index (χ2v) is 5.00. The van der Waals surface area contributed by atoms with Gasteiger partial charge in [0.15, 0.2) is 0 Å². The number of amides is 2. The van der Waals surface area contributed by atoms with Crippen LogP contribution >= 0.6 is 0 Å². The van der Waals surface area contributed by atoms with Gasteiger partial charge in [0.25, 0.3) is 0 Å². The van der Waals surface area contributed by atoms with Gasteiger partial charge in [0.2, 0.25) is 0 Å². The van der Waals surface area contributed by atoms with Crippen molar-refractivity contribution in [3.05, 3.63) is 0 Å². The van der Waals surface area contributed by atoms with Crippen molar-refractivity contribution in [2.24, 2.45) is 0 Å². The van der Waals surface area contributed by atoms with Crippen molar-refractivity contribution in [1.29, 1.82) is 0 Å². The summed E-state index contributed by atoms with van der Waals surface area (Å²) in [5.74, 6) is -0.945. The molecule has 17 heavy (non-hydrogen) atoms. The Balaban J connectivity index is 2.41. The molecule has 0 aromatic rings. The number of hydrogen-bond donors (Lipinski definition) is 3. The average Bonchev–Trinajstić information content (AvgIpc) is 2.08. The highest BCUT2D eigenvalue weighted by Gasteiger charge is 2.45. The summed E-state index contributed by atoms with van der Waals surface area (Å²) in [4.78, 5) is 24.7. The number of aliphatic carboxylic acids is 1. The molecule has 0 spiro atoms. The van der Waals surface area contributed by atoms with Crippen molar-refractivity contribution in [3.63, 3.8) is 0 Å². The van der Waals surface area contributed by atoms with E-state index >= 15 is 0 Å². The van der Waals surface area contributed by atoms with Gasteiger partial charge in [0.05, 0.1) is 0 Å². The van der Waals surface area contributed by atoms with Gasteiger partial charge in [-0.1, -0.05) is 0 Å². The number of rotatable bonds is 5. The Morgan fingerprint density at radius 3 is 2.35 bits per heavy atom. The zero-order chi connectivity index (χ0) is 13.1. The van der Waals surface area contributed by atoms with Gasteiger partial charge in [0, 0.05) is 12.6 Å². The number of likely N-dealkylation sites (N-methyl/N-ethyl adjacent to an activating group) is 1. The lowest BCUT2D eigenvalue weighted by molar-refractivity contribution is -0.148. The van der Waals surface area contributed by atoms with Crippen LogP contribution in [0.5, 0.6) is 0 Å².